The number of nitrogens with one attached hydrogen (secondary N) is 1. The second-order valence-electron chi connectivity index (χ2n) is 9.65. The SMILES string of the molecule is CCc1ccc(N(CC(=O)N/N=C\c2cc(C)n(-c3cc(C)cc(C)c3)c2C)S(=O)(=O)c2ccccc2)cc1. The number of hydrogen-bond donors (Lipinski definition) is 1. The minimum absolute atomic E-state index is 0.111. The summed E-state index contributed by atoms with van der Waals surface area (Å²) in [6.07, 6.45) is 2.41. The van der Waals surface area contributed by atoms with Crippen LogP contribution < -0.4 is 9.73 Å². The molecule has 1 amide bonds. The van der Waals surface area contributed by atoms with E-state index in [2.05, 4.69) is 47.1 Å². The van der Waals surface area contributed by atoms with E-state index in [0.717, 1.165) is 38.9 Å². The molecular formula is C31H34N4O3S. The zero-order valence-electron chi connectivity index (χ0n) is 23.0. The fourth-order valence-electron chi connectivity index (χ4n) is 4.67. The molecule has 7 nitrogen and oxygen atoms in total. The molecule has 0 bridgehead atoms. The van der Waals surface area contributed by atoms with Crippen molar-refractivity contribution in [1.29, 1.82) is 0 Å². The van der Waals surface area contributed by atoms with Crippen molar-refractivity contribution in [1.82, 2.24) is 9.99 Å². The van der Waals surface area contributed by atoms with E-state index < -0.39 is 22.5 Å². The van der Waals surface area contributed by atoms with Gasteiger partial charge in [0.25, 0.3) is 15.9 Å². The molecule has 0 unspecified atom stereocenters. The summed E-state index contributed by atoms with van der Waals surface area (Å²) < 4.78 is 30.2. The Labute approximate surface area is 230 Å². The predicted molar refractivity (Wildman–Crippen MR) is 157 cm³/mol. The molecule has 4 aromatic rings. The highest BCUT2D eigenvalue weighted by molar-refractivity contribution is 7.92. The molecule has 0 saturated heterocycles. The highest BCUT2D eigenvalue weighted by Crippen LogP contribution is 2.25. The van der Waals surface area contributed by atoms with E-state index in [1.807, 2.05) is 39.0 Å². The zero-order chi connectivity index (χ0) is 28.2. The van der Waals surface area contributed by atoms with Crippen LogP contribution in [0.2, 0.25) is 0 Å². The van der Waals surface area contributed by atoms with Gasteiger partial charge >= 0.3 is 0 Å². The van der Waals surface area contributed by atoms with Crippen molar-refractivity contribution in [3.8, 4) is 5.69 Å². The maximum Gasteiger partial charge on any atom is 0.264 e. The normalized spacial score (nSPS) is 11.6. The van der Waals surface area contributed by atoms with Gasteiger partial charge in [0.1, 0.15) is 6.54 Å². The van der Waals surface area contributed by atoms with Gasteiger partial charge in [-0.3, -0.25) is 9.10 Å². The van der Waals surface area contributed by atoms with E-state index in [-0.39, 0.29) is 4.90 Å². The number of carbonyl (C=O) groups is 1. The largest absolute Gasteiger partial charge is 0.318 e. The van der Waals surface area contributed by atoms with Crippen LogP contribution in [0, 0.1) is 27.7 Å². The summed E-state index contributed by atoms with van der Waals surface area (Å²) in [6.45, 7) is 9.78. The van der Waals surface area contributed by atoms with Gasteiger partial charge in [-0.2, -0.15) is 5.10 Å². The third kappa shape index (κ3) is 6.29. The lowest BCUT2D eigenvalue weighted by Gasteiger charge is -2.24. The van der Waals surface area contributed by atoms with E-state index in [4.69, 9.17) is 0 Å². The van der Waals surface area contributed by atoms with Gasteiger partial charge in [0.05, 0.1) is 16.8 Å². The van der Waals surface area contributed by atoms with E-state index in [9.17, 15) is 13.2 Å². The summed E-state index contributed by atoms with van der Waals surface area (Å²) in [7, 11) is -3.98. The van der Waals surface area contributed by atoms with E-state index in [0.29, 0.717) is 5.69 Å². The third-order valence-electron chi connectivity index (χ3n) is 6.58. The zero-order valence-corrected chi connectivity index (χ0v) is 23.8. The first-order valence-corrected chi connectivity index (χ1v) is 14.3. The standard InChI is InChI=1S/C31H34N4O3S/c1-6-26-12-14-28(15-13-26)34(39(37,38)30-10-8-7-9-11-30)21-31(36)33-32-20-27-19-24(4)35(25(27)5)29-17-22(2)16-23(3)18-29/h7-20H,6,21H2,1-5H3,(H,33,36)/b32-20-. The van der Waals surface area contributed by atoms with Crippen molar-refractivity contribution in [3.05, 3.63) is 113 Å². The smallest absolute Gasteiger partial charge is 0.264 e. The Morgan fingerprint density at radius 1 is 0.923 bits per heavy atom. The Bertz CT molecular complexity index is 1590. The summed E-state index contributed by atoms with van der Waals surface area (Å²) in [6, 6.07) is 23.7. The van der Waals surface area contributed by atoms with Crippen molar-refractivity contribution in [3.63, 3.8) is 0 Å². The van der Waals surface area contributed by atoms with Crippen LogP contribution in [-0.2, 0) is 21.2 Å². The lowest BCUT2D eigenvalue weighted by atomic mass is 10.1. The van der Waals surface area contributed by atoms with Crippen LogP contribution in [0.5, 0.6) is 0 Å². The average molecular weight is 543 g/mol. The average Bonchev–Trinajstić information content (AvgIpc) is 3.19. The molecule has 1 heterocycles. The molecule has 0 spiro atoms. The van der Waals surface area contributed by atoms with Crippen LogP contribution >= 0.6 is 0 Å². The number of sulfonamides is 1. The molecule has 1 aromatic heterocycles. The van der Waals surface area contributed by atoms with Gasteiger partial charge in [0.15, 0.2) is 0 Å². The van der Waals surface area contributed by atoms with Gasteiger partial charge < -0.3 is 4.57 Å². The van der Waals surface area contributed by atoms with Crippen LogP contribution in [0.15, 0.2) is 88.9 Å². The first-order chi connectivity index (χ1) is 18.6. The summed E-state index contributed by atoms with van der Waals surface area (Å²) in [5.74, 6) is -0.548. The van der Waals surface area contributed by atoms with Crippen molar-refractivity contribution in [2.45, 2.75) is 45.9 Å². The first-order valence-electron chi connectivity index (χ1n) is 12.9. The van der Waals surface area contributed by atoms with Crippen molar-refractivity contribution in [2.75, 3.05) is 10.8 Å². The van der Waals surface area contributed by atoms with Crippen LogP contribution in [0.25, 0.3) is 5.69 Å². The lowest BCUT2D eigenvalue weighted by Crippen LogP contribution is -2.39. The second kappa shape index (κ2) is 11.7. The molecule has 0 aliphatic rings. The molecule has 0 atom stereocenters. The number of aromatic nitrogens is 1. The fraction of sp³-hybridized carbons (Fsp3) is 0.226. The molecular weight excluding hydrogens is 508 g/mol. The number of rotatable bonds is 9. The Morgan fingerprint density at radius 2 is 1.56 bits per heavy atom. The number of hydrogen-bond acceptors (Lipinski definition) is 4. The number of hydrazone groups is 1. The van der Waals surface area contributed by atoms with Crippen LogP contribution in [0.1, 0.15) is 40.6 Å². The highest BCUT2D eigenvalue weighted by atomic mass is 32.2. The van der Waals surface area contributed by atoms with E-state index in [1.54, 1.807) is 36.5 Å². The molecule has 1 N–H and O–H groups in total. The van der Waals surface area contributed by atoms with Crippen LogP contribution in [-0.4, -0.2) is 31.7 Å². The molecule has 0 aliphatic carbocycles. The summed E-state index contributed by atoms with van der Waals surface area (Å²) >= 11 is 0. The molecule has 3 aromatic carbocycles. The molecule has 0 fully saturated rings. The topological polar surface area (TPSA) is 83.8 Å². The summed E-state index contributed by atoms with van der Waals surface area (Å²) in [5, 5.41) is 4.16. The second-order valence-corrected chi connectivity index (χ2v) is 11.5. The third-order valence-corrected chi connectivity index (χ3v) is 8.37. The quantitative estimate of drug-likeness (QED) is 0.220. The number of anilines is 1. The maximum atomic E-state index is 13.5. The molecule has 0 radical (unpaired) electrons. The Morgan fingerprint density at radius 3 is 2.18 bits per heavy atom. The molecule has 0 aliphatic heterocycles. The minimum atomic E-state index is -3.98. The monoisotopic (exact) mass is 542 g/mol. The number of carbonyl (C=O) groups excluding carboxylic acids is 1. The Balaban J connectivity index is 1.55. The minimum Gasteiger partial charge on any atom is -0.318 e. The van der Waals surface area contributed by atoms with Crippen molar-refractivity contribution < 1.29 is 13.2 Å². The summed E-state index contributed by atoms with van der Waals surface area (Å²) in [4.78, 5) is 13.0. The van der Waals surface area contributed by atoms with E-state index in [1.165, 1.54) is 23.3 Å². The van der Waals surface area contributed by atoms with Gasteiger partial charge in [-0.1, -0.05) is 43.3 Å². The van der Waals surface area contributed by atoms with Gasteiger partial charge in [-0.05, 0) is 93.3 Å². The molecule has 0 saturated carbocycles. The van der Waals surface area contributed by atoms with Gasteiger partial charge in [-0.25, -0.2) is 13.8 Å². The first kappa shape index (κ1) is 27.9. The Kier molecular flexibility index (Phi) is 8.35. The van der Waals surface area contributed by atoms with Crippen molar-refractivity contribution in [2.24, 2.45) is 5.10 Å². The molecule has 39 heavy (non-hydrogen) atoms. The highest BCUT2D eigenvalue weighted by Gasteiger charge is 2.27. The van der Waals surface area contributed by atoms with E-state index >= 15 is 0 Å². The van der Waals surface area contributed by atoms with Crippen LogP contribution in [0.3, 0.4) is 0 Å². The predicted octanol–water partition coefficient (Wildman–Crippen LogP) is 5.62. The lowest BCUT2D eigenvalue weighted by molar-refractivity contribution is -0.119. The number of benzene rings is 3. The van der Waals surface area contributed by atoms with Gasteiger partial charge in [0, 0.05) is 22.6 Å². The molecule has 202 valence electrons. The number of nitrogens with zero attached hydrogens (tertiary/aromatic N) is 3. The maximum absolute atomic E-state index is 13.5. The van der Waals surface area contributed by atoms with Crippen molar-refractivity contribution >= 4 is 27.8 Å². The van der Waals surface area contributed by atoms with Crippen LogP contribution in [0.4, 0.5) is 5.69 Å². The van der Waals surface area contributed by atoms with Gasteiger partial charge in [0.2, 0.25) is 0 Å². The molecule has 4 rings (SSSR count). The number of aryl methyl sites for hydroxylation is 4. The molecule has 8 heteroatoms. The Hall–Kier alpha value is -4.17. The summed E-state index contributed by atoms with van der Waals surface area (Å²) in [5.41, 5.74) is 10.3. The van der Waals surface area contributed by atoms with Gasteiger partial charge in [-0.15, -0.1) is 0 Å². The fourth-order valence-corrected chi connectivity index (χ4v) is 6.11. The number of amides is 1.